The first kappa shape index (κ1) is 15.4. The first-order valence-corrected chi connectivity index (χ1v) is 6.47. The van der Waals surface area contributed by atoms with Crippen LogP contribution in [-0.2, 0) is 5.41 Å². The summed E-state index contributed by atoms with van der Waals surface area (Å²) in [6.45, 7) is 10.3. The fourth-order valence-corrected chi connectivity index (χ4v) is 1.79. The Hall–Kier alpha value is -1.69. The molecule has 0 atom stereocenters. The summed E-state index contributed by atoms with van der Waals surface area (Å²) in [5.41, 5.74) is 1.66. The standard InChI is InChI=1S/C16H24N2O/c1-15(2,3)12-8-9-14(19-7)13(10-12)18(6)16(4,5)11-17/h8-10H,1-7H3. The molecule has 19 heavy (non-hydrogen) atoms. The Labute approximate surface area is 116 Å². The zero-order valence-corrected chi connectivity index (χ0v) is 13.0. The van der Waals surface area contributed by atoms with Crippen molar-refractivity contribution in [3.63, 3.8) is 0 Å². The van der Waals surface area contributed by atoms with Gasteiger partial charge in [-0.05, 0) is 37.0 Å². The van der Waals surface area contributed by atoms with Gasteiger partial charge in [0.05, 0.1) is 18.9 Å². The second kappa shape index (κ2) is 5.13. The minimum absolute atomic E-state index is 0.0681. The van der Waals surface area contributed by atoms with Gasteiger partial charge < -0.3 is 9.64 Å². The van der Waals surface area contributed by atoms with Crippen LogP contribution in [0, 0.1) is 11.3 Å². The van der Waals surface area contributed by atoms with Crippen molar-refractivity contribution in [3.8, 4) is 11.8 Å². The molecule has 0 heterocycles. The van der Waals surface area contributed by atoms with E-state index in [9.17, 15) is 5.26 Å². The van der Waals surface area contributed by atoms with E-state index in [-0.39, 0.29) is 5.41 Å². The van der Waals surface area contributed by atoms with Crippen molar-refractivity contribution in [1.82, 2.24) is 0 Å². The van der Waals surface area contributed by atoms with E-state index in [0.717, 1.165) is 11.4 Å². The maximum Gasteiger partial charge on any atom is 0.142 e. The van der Waals surface area contributed by atoms with Crippen LogP contribution in [0.15, 0.2) is 18.2 Å². The van der Waals surface area contributed by atoms with Gasteiger partial charge in [0.15, 0.2) is 0 Å². The molecule has 0 bridgehead atoms. The number of ether oxygens (including phenoxy) is 1. The highest BCUT2D eigenvalue weighted by Gasteiger charge is 2.26. The van der Waals surface area contributed by atoms with E-state index in [1.54, 1.807) is 7.11 Å². The molecule has 0 aliphatic rings. The third kappa shape index (κ3) is 3.20. The van der Waals surface area contributed by atoms with Crippen molar-refractivity contribution >= 4 is 5.69 Å². The molecule has 1 aromatic carbocycles. The van der Waals surface area contributed by atoms with E-state index >= 15 is 0 Å². The molecule has 0 amide bonds. The molecule has 0 saturated heterocycles. The molecule has 104 valence electrons. The number of nitrogens with zero attached hydrogens (tertiary/aromatic N) is 2. The molecule has 0 aromatic heterocycles. The zero-order chi connectivity index (χ0) is 14.8. The van der Waals surface area contributed by atoms with Gasteiger partial charge in [-0.25, -0.2) is 0 Å². The summed E-state index contributed by atoms with van der Waals surface area (Å²) in [4.78, 5) is 1.96. The lowest BCUT2D eigenvalue weighted by atomic mass is 9.86. The average Bonchev–Trinajstić information content (AvgIpc) is 2.35. The molecule has 0 saturated carbocycles. The molecule has 0 aliphatic heterocycles. The minimum Gasteiger partial charge on any atom is -0.495 e. The van der Waals surface area contributed by atoms with Gasteiger partial charge in [-0.1, -0.05) is 26.8 Å². The Morgan fingerprint density at radius 2 is 1.74 bits per heavy atom. The molecule has 0 radical (unpaired) electrons. The number of hydrogen-bond acceptors (Lipinski definition) is 3. The third-order valence-corrected chi connectivity index (χ3v) is 3.52. The van der Waals surface area contributed by atoms with Gasteiger partial charge in [0.25, 0.3) is 0 Å². The molecule has 3 heteroatoms. The highest BCUT2D eigenvalue weighted by molar-refractivity contribution is 5.62. The molecule has 1 rings (SSSR count). The maximum atomic E-state index is 9.29. The Balaban J connectivity index is 3.36. The predicted molar refractivity (Wildman–Crippen MR) is 79.8 cm³/mol. The van der Waals surface area contributed by atoms with Crippen LogP contribution in [0.3, 0.4) is 0 Å². The first-order chi connectivity index (χ1) is 8.63. The van der Waals surface area contributed by atoms with Gasteiger partial charge in [0, 0.05) is 7.05 Å². The minimum atomic E-state index is -0.580. The van der Waals surface area contributed by atoms with Gasteiger partial charge in [0.1, 0.15) is 11.3 Å². The van der Waals surface area contributed by atoms with Crippen molar-refractivity contribution in [1.29, 1.82) is 5.26 Å². The number of anilines is 1. The number of benzene rings is 1. The van der Waals surface area contributed by atoms with Crippen LogP contribution in [0.1, 0.15) is 40.2 Å². The Kier molecular flexibility index (Phi) is 4.15. The summed E-state index contributed by atoms with van der Waals surface area (Å²) in [7, 11) is 3.58. The van der Waals surface area contributed by atoms with Crippen molar-refractivity contribution in [2.24, 2.45) is 0 Å². The molecule has 1 aromatic rings. The molecule has 3 nitrogen and oxygen atoms in total. The molecular formula is C16H24N2O. The largest absolute Gasteiger partial charge is 0.495 e. The van der Waals surface area contributed by atoms with Gasteiger partial charge >= 0.3 is 0 Å². The van der Waals surface area contributed by atoms with Crippen molar-refractivity contribution in [2.45, 2.75) is 45.6 Å². The van der Waals surface area contributed by atoms with E-state index in [4.69, 9.17) is 4.74 Å². The number of nitriles is 1. The fraction of sp³-hybridized carbons (Fsp3) is 0.562. The van der Waals surface area contributed by atoms with Crippen molar-refractivity contribution in [3.05, 3.63) is 23.8 Å². The van der Waals surface area contributed by atoms with E-state index in [1.165, 1.54) is 5.56 Å². The molecule has 0 N–H and O–H groups in total. The SMILES string of the molecule is COc1ccc(C(C)(C)C)cc1N(C)C(C)(C)C#N. The summed E-state index contributed by atoms with van der Waals surface area (Å²) < 4.78 is 5.42. The van der Waals surface area contributed by atoms with E-state index in [2.05, 4.69) is 39.0 Å². The van der Waals surface area contributed by atoms with Crippen LogP contribution in [0.2, 0.25) is 0 Å². The normalized spacial score (nSPS) is 11.9. The molecule has 0 spiro atoms. The summed E-state index contributed by atoms with van der Waals surface area (Å²) in [5, 5.41) is 9.29. The highest BCUT2D eigenvalue weighted by Crippen LogP contribution is 2.35. The molecule has 0 fully saturated rings. The lowest BCUT2D eigenvalue weighted by molar-refractivity contribution is 0.412. The Bertz CT molecular complexity index is 492. The van der Waals surface area contributed by atoms with Crippen LogP contribution < -0.4 is 9.64 Å². The summed E-state index contributed by atoms with van der Waals surface area (Å²) in [6.07, 6.45) is 0. The second-order valence-corrected chi connectivity index (χ2v) is 6.37. The van der Waals surface area contributed by atoms with Crippen LogP contribution in [-0.4, -0.2) is 19.7 Å². The predicted octanol–water partition coefficient (Wildman–Crippen LogP) is 3.73. The number of hydrogen-bond donors (Lipinski definition) is 0. The van der Waals surface area contributed by atoms with Gasteiger partial charge in [-0.3, -0.25) is 0 Å². The van der Waals surface area contributed by atoms with Crippen LogP contribution in [0.25, 0.3) is 0 Å². The van der Waals surface area contributed by atoms with E-state index in [0.29, 0.717) is 0 Å². The molecule has 0 unspecified atom stereocenters. The topological polar surface area (TPSA) is 36.3 Å². The summed E-state index contributed by atoms with van der Waals surface area (Å²) in [5.74, 6) is 0.791. The van der Waals surface area contributed by atoms with Crippen molar-refractivity contribution < 1.29 is 4.74 Å². The average molecular weight is 260 g/mol. The third-order valence-electron chi connectivity index (χ3n) is 3.52. The van der Waals surface area contributed by atoms with Gasteiger partial charge in [-0.2, -0.15) is 5.26 Å². The first-order valence-electron chi connectivity index (χ1n) is 6.47. The number of rotatable bonds is 3. The van der Waals surface area contributed by atoms with Gasteiger partial charge in [0.2, 0.25) is 0 Å². The molecule has 0 aliphatic carbocycles. The van der Waals surface area contributed by atoms with E-state index < -0.39 is 5.54 Å². The monoisotopic (exact) mass is 260 g/mol. The Morgan fingerprint density at radius 3 is 2.16 bits per heavy atom. The number of methoxy groups -OCH3 is 1. The maximum absolute atomic E-state index is 9.29. The zero-order valence-electron chi connectivity index (χ0n) is 13.0. The lowest BCUT2D eigenvalue weighted by Gasteiger charge is -2.33. The second-order valence-electron chi connectivity index (χ2n) is 6.37. The van der Waals surface area contributed by atoms with Crippen LogP contribution >= 0.6 is 0 Å². The van der Waals surface area contributed by atoms with Gasteiger partial charge in [-0.15, -0.1) is 0 Å². The summed E-state index contributed by atoms with van der Waals surface area (Å²) in [6, 6.07) is 8.48. The lowest BCUT2D eigenvalue weighted by Crippen LogP contribution is -2.40. The smallest absolute Gasteiger partial charge is 0.142 e. The summed E-state index contributed by atoms with van der Waals surface area (Å²) >= 11 is 0. The molecular weight excluding hydrogens is 236 g/mol. The van der Waals surface area contributed by atoms with E-state index in [1.807, 2.05) is 31.9 Å². The van der Waals surface area contributed by atoms with Crippen molar-refractivity contribution in [2.75, 3.05) is 19.1 Å². The fourth-order valence-electron chi connectivity index (χ4n) is 1.79. The van der Waals surface area contributed by atoms with Crippen LogP contribution in [0.4, 0.5) is 5.69 Å². The Morgan fingerprint density at radius 1 is 1.16 bits per heavy atom. The van der Waals surface area contributed by atoms with Crippen LogP contribution in [0.5, 0.6) is 5.75 Å². The highest BCUT2D eigenvalue weighted by atomic mass is 16.5. The quantitative estimate of drug-likeness (QED) is 0.830.